The van der Waals surface area contributed by atoms with Crippen LogP contribution in [0.15, 0.2) is 42.5 Å². The van der Waals surface area contributed by atoms with Crippen LogP contribution in [-0.4, -0.2) is 27.0 Å². The van der Waals surface area contributed by atoms with Gasteiger partial charge in [-0.05, 0) is 18.2 Å². The number of ketones is 1. The highest BCUT2D eigenvalue weighted by Crippen LogP contribution is 2.39. The fourth-order valence-corrected chi connectivity index (χ4v) is 2.56. The molecule has 112 valence electrons. The fraction of sp³-hybridized carbons (Fsp3) is 0.125. The van der Waals surface area contributed by atoms with Gasteiger partial charge in [-0.3, -0.25) is 9.59 Å². The summed E-state index contributed by atoms with van der Waals surface area (Å²) in [5.74, 6) is -1.87. The molecule has 6 nitrogen and oxygen atoms in total. The molecule has 2 aromatic rings. The molecule has 0 aromatic heterocycles. The van der Waals surface area contributed by atoms with Gasteiger partial charge in [-0.25, -0.2) is 0 Å². The number of aliphatic hydroxyl groups is 1. The summed E-state index contributed by atoms with van der Waals surface area (Å²) in [6.07, 6.45) is -0.506. The highest BCUT2D eigenvalue weighted by atomic mass is 16.3. The van der Waals surface area contributed by atoms with Gasteiger partial charge in [0.05, 0.1) is 12.0 Å². The summed E-state index contributed by atoms with van der Waals surface area (Å²) in [5.41, 5.74) is -1.26. The number of aromatic hydroxyl groups is 2. The number of para-hydroxylation sites is 1. The topological polar surface area (TPSA) is 107 Å². The average molecular weight is 299 g/mol. The second-order valence-electron chi connectivity index (χ2n) is 5.16. The number of amides is 1. The number of fused-ring (bicyclic) bond motifs is 1. The number of benzene rings is 2. The largest absolute Gasteiger partial charge is 0.508 e. The molecule has 4 N–H and O–H groups in total. The molecule has 1 atom stereocenters. The van der Waals surface area contributed by atoms with E-state index in [0.29, 0.717) is 11.3 Å². The Morgan fingerprint density at radius 1 is 1.14 bits per heavy atom. The van der Waals surface area contributed by atoms with Gasteiger partial charge in [0.1, 0.15) is 11.5 Å². The maximum Gasteiger partial charge on any atom is 0.261 e. The minimum absolute atomic E-state index is 0.0663. The van der Waals surface area contributed by atoms with Crippen LogP contribution >= 0.6 is 0 Å². The second kappa shape index (κ2) is 4.85. The van der Waals surface area contributed by atoms with Crippen LogP contribution in [-0.2, 0) is 10.4 Å². The zero-order valence-electron chi connectivity index (χ0n) is 11.4. The third-order valence-corrected chi connectivity index (χ3v) is 3.69. The number of rotatable bonds is 3. The highest BCUT2D eigenvalue weighted by Gasteiger charge is 2.46. The van der Waals surface area contributed by atoms with Crippen molar-refractivity contribution in [1.82, 2.24) is 0 Å². The third kappa shape index (κ3) is 2.10. The van der Waals surface area contributed by atoms with E-state index >= 15 is 0 Å². The van der Waals surface area contributed by atoms with E-state index in [4.69, 9.17) is 0 Å². The van der Waals surface area contributed by atoms with E-state index in [1.807, 2.05) is 0 Å². The molecule has 0 fully saturated rings. The van der Waals surface area contributed by atoms with Crippen LogP contribution in [0, 0.1) is 0 Å². The molecule has 1 aliphatic rings. The predicted molar refractivity (Wildman–Crippen MR) is 77.7 cm³/mol. The molecular formula is C16H13NO5. The molecule has 1 amide bonds. The highest BCUT2D eigenvalue weighted by molar-refractivity contribution is 6.09. The van der Waals surface area contributed by atoms with Crippen LogP contribution in [0.3, 0.4) is 0 Å². The van der Waals surface area contributed by atoms with Gasteiger partial charge in [0, 0.05) is 17.3 Å². The van der Waals surface area contributed by atoms with Crippen molar-refractivity contribution in [3.05, 3.63) is 53.6 Å². The quantitative estimate of drug-likeness (QED) is 0.643. The number of phenolic OH excluding ortho intramolecular Hbond substituents is 2. The Morgan fingerprint density at radius 3 is 2.59 bits per heavy atom. The summed E-state index contributed by atoms with van der Waals surface area (Å²) < 4.78 is 0. The van der Waals surface area contributed by atoms with Crippen molar-refractivity contribution in [3.8, 4) is 11.5 Å². The van der Waals surface area contributed by atoms with Crippen molar-refractivity contribution >= 4 is 17.4 Å². The van der Waals surface area contributed by atoms with Crippen molar-refractivity contribution in [2.24, 2.45) is 0 Å². The molecular weight excluding hydrogens is 286 g/mol. The van der Waals surface area contributed by atoms with Crippen molar-refractivity contribution in [1.29, 1.82) is 0 Å². The van der Waals surface area contributed by atoms with Crippen LogP contribution < -0.4 is 5.32 Å². The molecule has 22 heavy (non-hydrogen) atoms. The summed E-state index contributed by atoms with van der Waals surface area (Å²) in [4.78, 5) is 24.4. The van der Waals surface area contributed by atoms with Crippen molar-refractivity contribution in [2.45, 2.75) is 12.0 Å². The molecule has 0 unspecified atom stereocenters. The number of anilines is 1. The van der Waals surface area contributed by atoms with E-state index in [1.165, 1.54) is 12.1 Å². The zero-order chi connectivity index (χ0) is 15.9. The van der Waals surface area contributed by atoms with E-state index < -0.39 is 29.5 Å². The lowest BCUT2D eigenvalue weighted by atomic mass is 9.88. The van der Waals surface area contributed by atoms with Crippen molar-refractivity contribution < 1.29 is 24.9 Å². The van der Waals surface area contributed by atoms with Crippen LogP contribution in [0.5, 0.6) is 11.5 Å². The Balaban J connectivity index is 1.95. The van der Waals surface area contributed by atoms with Crippen LogP contribution in [0.2, 0.25) is 0 Å². The van der Waals surface area contributed by atoms with Gasteiger partial charge in [0.2, 0.25) is 0 Å². The van der Waals surface area contributed by atoms with Crippen LogP contribution in [0.25, 0.3) is 0 Å². The third-order valence-electron chi connectivity index (χ3n) is 3.69. The number of hydrogen-bond acceptors (Lipinski definition) is 5. The van der Waals surface area contributed by atoms with E-state index in [2.05, 4.69) is 5.32 Å². The van der Waals surface area contributed by atoms with Crippen molar-refractivity contribution in [2.75, 3.05) is 5.32 Å². The number of carbonyl (C=O) groups is 2. The molecule has 0 spiro atoms. The van der Waals surface area contributed by atoms with Gasteiger partial charge in [-0.15, -0.1) is 0 Å². The molecule has 0 saturated carbocycles. The molecule has 0 bridgehead atoms. The number of carbonyl (C=O) groups excluding carboxylic acids is 2. The molecule has 2 aromatic carbocycles. The second-order valence-corrected chi connectivity index (χ2v) is 5.16. The monoisotopic (exact) mass is 299 g/mol. The Hall–Kier alpha value is -2.86. The molecule has 6 heteroatoms. The average Bonchev–Trinajstić information content (AvgIpc) is 2.70. The van der Waals surface area contributed by atoms with Crippen LogP contribution in [0.1, 0.15) is 22.3 Å². The fourth-order valence-electron chi connectivity index (χ4n) is 2.56. The summed E-state index contributed by atoms with van der Waals surface area (Å²) in [6.45, 7) is 0. The Kier molecular flexibility index (Phi) is 3.11. The molecule has 0 radical (unpaired) electrons. The van der Waals surface area contributed by atoms with Gasteiger partial charge in [-0.2, -0.15) is 0 Å². The normalized spacial score (nSPS) is 19.6. The van der Waals surface area contributed by atoms with Gasteiger partial charge in [-0.1, -0.05) is 18.2 Å². The lowest BCUT2D eigenvalue weighted by Gasteiger charge is -2.20. The SMILES string of the molecule is O=C(C[C@@]1(O)C(=O)Nc2ccccc21)c1ccc(O)cc1O. The number of nitrogens with one attached hydrogen (secondary N) is 1. The summed E-state index contributed by atoms with van der Waals surface area (Å²) in [5, 5.41) is 32.1. The lowest BCUT2D eigenvalue weighted by molar-refractivity contribution is -0.133. The first-order valence-electron chi connectivity index (χ1n) is 6.60. The summed E-state index contributed by atoms with van der Waals surface area (Å²) >= 11 is 0. The zero-order valence-corrected chi connectivity index (χ0v) is 11.4. The Bertz CT molecular complexity index is 786. The van der Waals surface area contributed by atoms with Gasteiger partial charge in [0.15, 0.2) is 11.4 Å². The molecule has 1 heterocycles. The molecule has 0 saturated heterocycles. The van der Waals surface area contributed by atoms with Crippen LogP contribution in [0.4, 0.5) is 5.69 Å². The number of phenols is 2. The van der Waals surface area contributed by atoms with E-state index in [-0.39, 0.29) is 11.3 Å². The van der Waals surface area contributed by atoms with Crippen molar-refractivity contribution in [3.63, 3.8) is 0 Å². The first-order chi connectivity index (χ1) is 10.4. The maximum atomic E-state index is 12.3. The first kappa shape index (κ1) is 14.1. The summed E-state index contributed by atoms with van der Waals surface area (Å²) in [6, 6.07) is 10.1. The molecule has 0 aliphatic carbocycles. The first-order valence-corrected chi connectivity index (χ1v) is 6.60. The maximum absolute atomic E-state index is 12.3. The number of Topliss-reactive ketones (excluding diaryl/α,β-unsaturated/α-hetero) is 1. The minimum atomic E-state index is -1.97. The van der Waals surface area contributed by atoms with E-state index in [1.54, 1.807) is 24.3 Å². The minimum Gasteiger partial charge on any atom is -0.508 e. The van der Waals surface area contributed by atoms with E-state index in [0.717, 1.165) is 6.07 Å². The lowest BCUT2D eigenvalue weighted by Crippen LogP contribution is -2.36. The standard InChI is InChI=1S/C16H13NO5/c18-9-5-6-10(13(19)7-9)14(20)8-16(22)11-3-1-2-4-12(11)17-15(16)21/h1-7,18-19,22H,8H2,(H,17,21)/t16-/m0/s1. The number of hydrogen-bond donors (Lipinski definition) is 4. The van der Waals surface area contributed by atoms with Gasteiger partial charge >= 0.3 is 0 Å². The van der Waals surface area contributed by atoms with Gasteiger partial charge in [0.25, 0.3) is 5.91 Å². The molecule has 3 rings (SSSR count). The predicted octanol–water partition coefficient (Wildman–Crippen LogP) is 1.51. The summed E-state index contributed by atoms with van der Waals surface area (Å²) in [7, 11) is 0. The Labute approximate surface area is 125 Å². The van der Waals surface area contributed by atoms with E-state index in [9.17, 15) is 24.9 Å². The molecule has 1 aliphatic heterocycles. The smallest absolute Gasteiger partial charge is 0.261 e. The van der Waals surface area contributed by atoms with Gasteiger partial charge < -0.3 is 20.6 Å². The Morgan fingerprint density at radius 2 is 1.86 bits per heavy atom.